The summed E-state index contributed by atoms with van der Waals surface area (Å²) in [6.07, 6.45) is 4.97. The molecule has 4 nitrogen and oxygen atoms in total. The molecule has 2 aromatic heterocycles. The summed E-state index contributed by atoms with van der Waals surface area (Å²) in [6, 6.07) is 0. The van der Waals surface area contributed by atoms with Crippen molar-refractivity contribution >= 4 is 0 Å². The molecule has 1 aliphatic carbocycles. The van der Waals surface area contributed by atoms with Crippen molar-refractivity contribution in [1.82, 2.24) is 19.6 Å². The number of nitrogens with zero attached hydrogens (tertiary/aromatic N) is 4. The van der Waals surface area contributed by atoms with E-state index in [0.717, 1.165) is 6.42 Å². The highest BCUT2D eigenvalue weighted by Gasteiger charge is 2.35. The zero-order valence-electron chi connectivity index (χ0n) is 10.2. The molecule has 0 radical (unpaired) electrons. The number of hydrogen-bond acceptors (Lipinski definition) is 2. The molecule has 0 N–H and O–H groups in total. The van der Waals surface area contributed by atoms with E-state index in [1.54, 1.807) is 0 Å². The van der Waals surface area contributed by atoms with Gasteiger partial charge in [0, 0.05) is 30.9 Å². The Morgan fingerprint density at radius 2 is 1.81 bits per heavy atom. The van der Waals surface area contributed by atoms with E-state index in [9.17, 15) is 0 Å². The van der Waals surface area contributed by atoms with Gasteiger partial charge in [0.05, 0.1) is 18.1 Å². The smallest absolute Gasteiger partial charge is 0.0750 e. The van der Waals surface area contributed by atoms with Crippen molar-refractivity contribution in [3.63, 3.8) is 0 Å². The summed E-state index contributed by atoms with van der Waals surface area (Å²) in [5, 5.41) is 8.74. The first-order chi connectivity index (χ1) is 7.50. The van der Waals surface area contributed by atoms with Crippen LogP contribution in [0.3, 0.4) is 0 Å². The molecule has 0 saturated carbocycles. The molecule has 84 valence electrons. The van der Waals surface area contributed by atoms with Crippen LogP contribution in [0.5, 0.6) is 0 Å². The van der Waals surface area contributed by atoms with E-state index in [4.69, 9.17) is 0 Å². The zero-order chi connectivity index (χ0) is 11.5. The highest BCUT2D eigenvalue weighted by atomic mass is 15.3. The van der Waals surface area contributed by atoms with Gasteiger partial charge < -0.3 is 0 Å². The molecule has 0 fully saturated rings. The van der Waals surface area contributed by atoms with Crippen molar-refractivity contribution in [2.75, 3.05) is 0 Å². The number of aromatic nitrogens is 4. The van der Waals surface area contributed by atoms with Gasteiger partial charge in [-0.3, -0.25) is 9.36 Å². The summed E-state index contributed by atoms with van der Waals surface area (Å²) >= 11 is 0. The summed E-state index contributed by atoms with van der Waals surface area (Å²) in [7, 11) is 4.01. The minimum absolute atomic E-state index is 0.143. The summed E-state index contributed by atoms with van der Waals surface area (Å²) in [5.74, 6) is 0. The molecule has 2 heterocycles. The molecule has 0 bridgehead atoms. The Morgan fingerprint density at radius 1 is 1.12 bits per heavy atom. The molecule has 1 aliphatic rings. The van der Waals surface area contributed by atoms with E-state index in [-0.39, 0.29) is 5.41 Å². The monoisotopic (exact) mass is 216 g/mol. The second-order valence-corrected chi connectivity index (χ2v) is 5.22. The summed E-state index contributed by atoms with van der Waals surface area (Å²) in [4.78, 5) is 0. The fourth-order valence-electron chi connectivity index (χ4n) is 2.64. The van der Waals surface area contributed by atoms with E-state index in [2.05, 4.69) is 24.0 Å². The van der Waals surface area contributed by atoms with Gasteiger partial charge in [-0.15, -0.1) is 0 Å². The van der Waals surface area contributed by atoms with Gasteiger partial charge in [-0.25, -0.2) is 0 Å². The topological polar surface area (TPSA) is 35.6 Å². The summed E-state index contributed by atoms with van der Waals surface area (Å²) < 4.78 is 3.93. The van der Waals surface area contributed by atoms with Crippen LogP contribution >= 0.6 is 0 Å². The third-order valence-electron chi connectivity index (χ3n) is 3.59. The molecular weight excluding hydrogens is 200 g/mol. The van der Waals surface area contributed by atoms with Gasteiger partial charge in [0.2, 0.25) is 0 Å². The maximum atomic E-state index is 4.38. The van der Waals surface area contributed by atoms with Crippen molar-refractivity contribution in [1.29, 1.82) is 0 Å². The Labute approximate surface area is 94.9 Å². The maximum Gasteiger partial charge on any atom is 0.0750 e. The number of fused-ring (bicyclic) bond motifs is 3. The van der Waals surface area contributed by atoms with Gasteiger partial charge in [0.15, 0.2) is 0 Å². The van der Waals surface area contributed by atoms with Gasteiger partial charge in [-0.2, -0.15) is 10.2 Å². The van der Waals surface area contributed by atoms with Crippen LogP contribution in [0.15, 0.2) is 12.4 Å². The van der Waals surface area contributed by atoms with Crippen LogP contribution in [0, 0.1) is 0 Å². The lowest BCUT2D eigenvalue weighted by atomic mass is 9.75. The standard InChI is InChI=1S/C12H16N4/c1-12(2)5-10-8(6-13-15(10)3)11-9(12)7-14-16(11)4/h6-7H,5H2,1-4H3. The van der Waals surface area contributed by atoms with E-state index in [1.165, 1.54) is 22.5 Å². The van der Waals surface area contributed by atoms with Gasteiger partial charge in [-0.1, -0.05) is 13.8 Å². The summed E-state index contributed by atoms with van der Waals surface area (Å²) in [5.41, 5.74) is 5.23. The molecule has 2 aromatic rings. The third-order valence-corrected chi connectivity index (χ3v) is 3.59. The van der Waals surface area contributed by atoms with Crippen LogP contribution < -0.4 is 0 Å². The molecule has 0 amide bonds. The number of hydrogen-bond donors (Lipinski definition) is 0. The highest BCUT2D eigenvalue weighted by molar-refractivity contribution is 5.70. The molecule has 0 aromatic carbocycles. The molecule has 16 heavy (non-hydrogen) atoms. The Morgan fingerprint density at radius 3 is 2.56 bits per heavy atom. The van der Waals surface area contributed by atoms with E-state index < -0.39 is 0 Å². The van der Waals surface area contributed by atoms with Crippen molar-refractivity contribution in [2.24, 2.45) is 14.1 Å². The maximum absolute atomic E-state index is 4.38. The Balaban J connectivity index is 2.36. The van der Waals surface area contributed by atoms with Crippen LogP contribution in [-0.2, 0) is 25.9 Å². The van der Waals surface area contributed by atoms with Gasteiger partial charge in [0.1, 0.15) is 0 Å². The normalized spacial score (nSPS) is 17.0. The lowest BCUT2D eigenvalue weighted by molar-refractivity contribution is 0.493. The lowest BCUT2D eigenvalue weighted by Gasteiger charge is -2.30. The van der Waals surface area contributed by atoms with Crippen LogP contribution in [-0.4, -0.2) is 19.6 Å². The minimum atomic E-state index is 0.143. The first-order valence-corrected chi connectivity index (χ1v) is 5.54. The SMILES string of the molecule is Cn1ncc2c1CC(C)(C)c1cnn(C)c1-2. The number of aryl methyl sites for hydroxylation is 2. The molecule has 0 atom stereocenters. The average Bonchev–Trinajstić information content (AvgIpc) is 2.73. The third kappa shape index (κ3) is 1.04. The molecule has 0 spiro atoms. The van der Waals surface area contributed by atoms with Crippen molar-refractivity contribution in [2.45, 2.75) is 25.7 Å². The van der Waals surface area contributed by atoms with Gasteiger partial charge in [0.25, 0.3) is 0 Å². The average molecular weight is 216 g/mol. The fourth-order valence-corrected chi connectivity index (χ4v) is 2.64. The largest absolute Gasteiger partial charge is 0.272 e. The number of rotatable bonds is 0. The summed E-state index contributed by atoms with van der Waals surface area (Å²) in [6.45, 7) is 4.53. The van der Waals surface area contributed by atoms with Gasteiger partial charge >= 0.3 is 0 Å². The van der Waals surface area contributed by atoms with Crippen LogP contribution in [0.1, 0.15) is 25.1 Å². The Hall–Kier alpha value is -1.58. The fraction of sp³-hybridized carbons (Fsp3) is 0.500. The predicted octanol–water partition coefficient (Wildman–Crippen LogP) is 1.65. The lowest BCUT2D eigenvalue weighted by Crippen LogP contribution is -2.26. The Bertz CT molecular complexity index is 560. The van der Waals surface area contributed by atoms with Crippen LogP contribution in [0.2, 0.25) is 0 Å². The molecular formula is C12H16N4. The van der Waals surface area contributed by atoms with E-state index >= 15 is 0 Å². The second kappa shape index (κ2) is 2.75. The zero-order valence-corrected chi connectivity index (χ0v) is 10.2. The first-order valence-electron chi connectivity index (χ1n) is 5.54. The highest BCUT2D eigenvalue weighted by Crippen LogP contribution is 2.42. The Kier molecular flexibility index (Phi) is 1.66. The van der Waals surface area contributed by atoms with Crippen LogP contribution in [0.4, 0.5) is 0 Å². The first kappa shape index (κ1) is 9.63. The molecule has 0 aliphatic heterocycles. The molecule has 0 saturated heterocycles. The van der Waals surface area contributed by atoms with E-state index in [0.29, 0.717) is 0 Å². The van der Waals surface area contributed by atoms with Crippen molar-refractivity contribution < 1.29 is 0 Å². The van der Waals surface area contributed by atoms with Crippen LogP contribution in [0.25, 0.3) is 11.3 Å². The predicted molar refractivity (Wildman–Crippen MR) is 62.1 cm³/mol. The van der Waals surface area contributed by atoms with Gasteiger partial charge in [-0.05, 0) is 11.8 Å². The van der Waals surface area contributed by atoms with E-state index in [1.807, 2.05) is 35.9 Å². The second-order valence-electron chi connectivity index (χ2n) is 5.22. The quantitative estimate of drug-likeness (QED) is 0.671. The molecule has 4 heteroatoms. The molecule has 0 unspecified atom stereocenters. The minimum Gasteiger partial charge on any atom is -0.272 e. The van der Waals surface area contributed by atoms with Crippen molar-refractivity contribution in [3.8, 4) is 11.3 Å². The molecule has 3 rings (SSSR count). The van der Waals surface area contributed by atoms with Crippen molar-refractivity contribution in [3.05, 3.63) is 23.7 Å².